The van der Waals surface area contributed by atoms with Crippen molar-refractivity contribution in [3.8, 4) is 0 Å². The molecule has 7 nitrogen and oxygen atoms in total. The van der Waals surface area contributed by atoms with Crippen LogP contribution in [0.5, 0.6) is 0 Å². The average molecular weight is 461 g/mol. The summed E-state index contributed by atoms with van der Waals surface area (Å²) < 4.78 is 48.0. The van der Waals surface area contributed by atoms with Crippen LogP contribution in [0, 0.1) is 6.92 Å². The summed E-state index contributed by atoms with van der Waals surface area (Å²) in [6.07, 6.45) is 1.60. The Kier molecular flexibility index (Phi) is 5.79. The Balaban J connectivity index is 2.38. The normalized spacial score (nSPS) is 11.8. The van der Waals surface area contributed by atoms with Crippen LogP contribution in [0.15, 0.2) is 46.9 Å². The Morgan fingerprint density at radius 3 is 2.08 bits per heavy atom. The zero-order valence-electron chi connectivity index (χ0n) is 14.2. The van der Waals surface area contributed by atoms with E-state index in [1.54, 1.807) is 12.1 Å². The quantitative estimate of drug-likeness (QED) is 0.738. The minimum atomic E-state index is -4.05. The number of rotatable bonds is 5. The van der Waals surface area contributed by atoms with Crippen LogP contribution in [-0.2, 0) is 20.0 Å². The fourth-order valence-electron chi connectivity index (χ4n) is 2.36. The van der Waals surface area contributed by atoms with E-state index in [1.807, 2.05) is 19.1 Å². The Morgan fingerprint density at radius 1 is 1.00 bits per heavy atom. The lowest BCUT2D eigenvalue weighted by atomic mass is 10.1. The summed E-state index contributed by atoms with van der Waals surface area (Å²) in [5, 5.41) is 2.70. The van der Waals surface area contributed by atoms with Crippen molar-refractivity contribution < 1.29 is 21.6 Å². The van der Waals surface area contributed by atoms with Gasteiger partial charge < -0.3 is 5.32 Å². The summed E-state index contributed by atoms with van der Waals surface area (Å²) in [6, 6.07) is 11.2. The molecule has 0 aliphatic carbocycles. The summed E-state index contributed by atoms with van der Waals surface area (Å²) in [5.74, 6) is -0.328. The van der Waals surface area contributed by atoms with E-state index in [4.69, 9.17) is 0 Å². The monoisotopic (exact) mass is 460 g/mol. The highest BCUT2D eigenvalue weighted by Crippen LogP contribution is 2.32. The third kappa shape index (κ3) is 4.63. The maximum atomic E-state index is 12.4. The van der Waals surface area contributed by atoms with Gasteiger partial charge in [0.15, 0.2) is 0 Å². The largest absolute Gasteiger partial charge is 0.322 e. The first-order valence-corrected chi connectivity index (χ1v) is 11.8. The second kappa shape index (κ2) is 7.37. The number of anilines is 2. The first-order valence-electron chi connectivity index (χ1n) is 7.28. The molecule has 140 valence electrons. The molecule has 0 atom stereocenters. The average Bonchev–Trinajstić information content (AvgIpc) is 2.47. The van der Waals surface area contributed by atoms with Gasteiger partial charge in [0, 0.05) is 15.7 Å². The van der Waals surface area contributed by atoms with E-state index in [-0.39, 0.29) is 16.1 Å². The van der Waals surface area contributed by atoms with Gasteiger partial charge in [-0.25, -0.2) is 16.8 Å². The molecule has 2 aromatic rings. The second-order valence-electron chi connectivity index (χ2n) is 5.66. The third-order valence-electron chi connectivity index (χ3n) is 3.39. The van der Waals surface area contributed by atoms with Gasteiger partial charge in [-0.3, -0.25) is 4.79 Å². The molecule has 0 unspecified atom stereocenters. The van der Waals surface area contributed by atoms with Crippen molar-refractivity contribution in [3.63, 3.8) is 0 Å². The molecule has 0 heterocycles. The standard InChI is InChI=1S/C16H17BrN2O5S2/c1-11-6-4-5-7-13(11)16(20)18-12-8-9-15(14(17)10-12)19(25(2,21)22)26(3,23)24/h4-10H,1-3H3,(H,18,20). The van der Waals surface area contributed by atoms with Crippen LogP contribution in [0.2, 0.25) is 0 Å². The number of benzene rings is 2. The fourth-order valence-corrected chi connectivity index (χ4v) is 6.15. The van der Waals surface area contributed by atoms with Crippen LogP contribution in [0.25, 0.3) is 0 Å². The molecule has 0 aliphatic rings. The van der Waals surface area contributed by atoms with Crippen molar-refractivity contribution in [1.29, 1.82) is 0 Å². The minimum absolute atomic E-state index is 0.0658. The molecule has 0 saturated carbocycles. The smallest absolute Gasteiger partial charge is 0.255 e. The van der Waals surface area contributed by atoms with Crippen LogP contribution < -0.4 is 9.03 Å². The Hall–Kier alpha value is -1.91. The number of nitrogens with zero attached hydrogens (tertiary/aromatic N) is 1. The number of carbonyl (C=O) groups excluding carboxylic acids is 1. The molecular weight excluding hydrogens is 444 g/mol. The van der Waals surface area contributed by atoms with Crippen molar-refractivity contribution in [2.24, 2.45) is 0 Å². The second-order valence-corrected chi connectivity index (χ2v) is 10.4. The van der Waals surface area contributed by atoms with Crippen molar-refractivity contribution in [1.82, 2.24) is 0 Å². The number of amides is 1. The van der Waals surface area contributed by atoms with Gasteiger partial charge in [0.05, 0.1) is 18.2 Å². The van der Waals surface area contributed by atoms with Crippen molar-refractivity contribution in [3.05, 3.63) is 58.1 Å². The molecule has 1 N–H and O–H groups in total. The minimum Gasteiger partial charge on any atom is -0.322 e. The highest BCUT2D eigenvalue weighted by atomic mass is 79.9. The molecule has 0 bridgehead atoms. The number of aryl methyl sites for hydroxylation is 1. The number of carbonyl (C=O) groups is 1. The van der Waals surface area contributed by atoms with Crippen molar-refractivity contribution in [2.75, 3.05) is 21.5 Å². The van der Waals surface area contributed by atoms with E-state index in [2.05, 4.69) is 21.2 Å². The summed E-state index contributed by atoms with van der Waals surface area (Å²) in [6.45, 7) is 1.81. The molecule has 26 heavy (non-hydrogen) atoms. The lowest BCUT2D eigenvalue weighted by Gasteiger charge is -2.21. The first kappa shape index (κ1) is 20.4. The highest BCUT2D eigenvalue weighted by molar-refractivity contribution is 9.10. The summed E-state index contributed by atoms with van der Waals surface area (Å²) >= 11 is 3.17. The predicted octanol–water partition coefficient (Wildman–Crippen LogP) is 2.74. The van der Waals surface area contributed by atoms with E-state index in [0.29, 0.717) is 15.0 Å². The predicted molar refractivity (Wildman–Crippen MR) is 105 cm³/mol. The molecule has 0 aliphatic heterocycles. The van der Waals surface area contributed by atoms with Gasteiger partial charge in [-0.15, -0.1) is 0 Å². The van der Waals surface area contributed by atoms with Gasteiger partial charge in [-0.2, -0.15) is 3.71 Å². The van der Waals surface area contributed by atoms with Crippen LogP contribution in [0.3, 0.4) is 0 Å². The van der Waals surface area contributed by atoms with E-state index in [1.165, 1.54) is 18.2 Å². The third-order valence-corrected chi connectivity index (χ3v) is 7.25. The van der Waals surface area contributed by atoms with Gasteiger partial charge in [0.25, 0.3) is 5.91 Å². The fraction of sp³-hybridized carbons (Fsp3) is 0.188. The van der Waals surface area contributed by atoms with E-state index >= 15 is 0 Å². The van der Waals surface area contributed by atoms with Gasteiger partial charge in [-0.1, -0.05) is 18.2 Å². The summed E-state index contributed by atoms with van der Waals surface area (Å²) in [5.41, 5.74) is 1.63. The van der Waals surface area contributed by atoms with Crippen LogP contribution in [0.4, 0.5) is 11.4 Å². The molecule has 10 heteroatoms. The van der Waals surface area contributed by atoms with Gasteiger partial charge in [0.2, 0.25) is 20.0 Å². The van der Waals surface area contributed by atoms with Gasteiger partial charge in [0.1, 0.15) is 0 Å². The number of hydrogen-bond donors (Lipinski definition) is 1. The van der Waals surface area contributed by atoms with Crippen molar-refractivity contribution >= 4 is 53.3 Å². The van der Waals surface area contributed by atoms with Crippen molar-refractivity contribution in [2.45, 2.75) is 6.92 Å². The zero-order chi connectivity index (χ0) is 19.7. The number of sulfonamides is 2. The van der Waals surface area contributed by atoms with Crippen LogP contribution in [0.1, 0.15) is 15.9 Å². The SMILES string of the molecule is Cc1ccccc1C(=O)Nc1ccc(N(S(C)(=O)=O)S(C)(=O)=O)c(Br)c1. The molecule has 0 fully saturated rings. The lowest BCUT2D eigenvalue weighted by Crippen LogP contribution is -2.35. The van der Waals surface area contributed by atoms with Gasteiger partial charge >= 0.3 is 0 Å². The summed E-state index contributed by atoms with van der Waals surface area (Å²) in [4.78, 5) is 12.4. The molecular formula is C16H17BrN2O5S2. The topological polar surface area (TPSA) is 101 Å². The van der Waals surface area contributed by atoms with E-state index in [0.717, 1.165) is 18.1 Å². The maximum absolute atomic E-state index is 12.4. The number of nitrogens with one attached hydrogen (secondary N) is 1. The Bertz CT molecular complexity index is 1030. The molecule has 0 aromatic heterocycles. The Labute approximate surface area is 161 Å². The number of hydrogen-bond acceptors (Lipinski definition) is 5. The molecule has 0 saturated heterocycles. The number of halogens is 1. The maximum Gasteiger partial charge on any atom is 0.255 e. The first-order chi connectivity index (χ1) is 11.9. The molecule has 1 amide bonds. The van der Waals surface area contributed by atoms with Crippen LogP contribution in [-0.4, -0.2) is 35.3 Å². The van der Waals surface area contributed by atoms with E-state index < -0.39 is 20.0 Å². The molecule has 2 rings (SSSR count). The summed E-state index contributed by atoms with van der Waals surface area (Å²) in [7, 11) is -8.11. The Morgan fingerprint density at radius 2 is 1.58 bits per heavy atom. The molecule has 2 aromatic carbocycles. The molecule has 0 radical (unpaired) electrons. The van der Waals surface area contributed by atoms with Gasteiger partial charge in [-0.05, 0) is 52.7 Å². The van der Waals surface area contributed by atoms with E-state index in [9.17, 15) is 21.6 Å². The lowest BCUT2D eigenvalue weighted by molar-refractivity contribution is 0.102. The zero-order valence-corrected chi connectivity index (χ0v) is 17.4. The highest BCUT2D eigenvalue weighted by Gasteiger charge is 2.29. The molecule has 0 spiro atoms. The van der Waals surface area contributed by atoms with Crippen LogP contribution >= 0.6 is 15.9 Å².